The van der Waals surface area contributed by atoms with Crippen LogP contribution in [0.3, 0.4) is 0 Å². The second-order valence-corrected chi connectivity index (χ2v) is 9.51. The fourth-order valence-electron chi connectivity index (χ4n) is 3.28. The van der Waals surface area contributed by atoms with Crippen molar-refractivity contribution in [3.05, 3.63) is 53.6 Å². The lowest BCUT2D eigenvalue weighted by Gasteiger charge is -2.24. The largest absolute Gasteiger partial charge is 0.490 e. The van der Waals surface area contributed by atoms with Gasteiger partial charge < -0.3 is 14.6 Å². The van der Waals surface area contributed by atoms with Gasteiger partial charge in [0.05, 0.1) is 12.8 Å². The number of fused-ring (bicyclic) bond motifs is 1. The van der Waals surface area contributed by atoms with E-state index in [2.05, 4.69) is 14.3 Å². The van der Waals surface area contributed by atoms with E-state index in [1.807, 2.05) is 36.2 Å². The molecule has 0 bridgehead atoms. The van der Waals surface area contributed by atoms with E-state index in [1.54, 1.807) is 12.3 Å². The maximum Gasteiger partial charge on any atom is 0.490 e. The SMILES string of the molecule is Cc1ccnc(C(=O)N2Cc3cccn3CC(CCNS(C)(=O)=O)C2)c1.O=C(O)C(F)(F)F. The van der Waals surface area contributed by atoms with Gasteiger partial charge in [0.15, 0.2) is 0 Å². The van der Waals surface area contributed by atoms with Crippen LogP contribution < -0.4 is 4.72 Å². The number of pyridine rings is 1. The average molecular weight is 491 g/mol. The molecule has 2 N–H and O–H groups in total. The Morgan fingerprint density at radius 2 is 1.94 bits per heavy atom. The van der Waals surface area contributed by atoms with Crippen molar-refractivity contribution in [3.63, 3.8) is 0 Å². The highest BCUT2D eigenvalue weighted by atomic mass is 32.2. The molecule has 2 aromatic rings. The van der Waals surface area contributed by atoms with E-state index >= 15 is 0 Å². The molecule has 9 nitrogen and oxygen atoms in total. The number of rotatable bonds is 5. The summed E-state index contributed by atoms with van der Waals surface area (Å²) in [6.45, 7) is 4.16. The number of carbonyl (C=O) groups excluding carboxylic acids is 1. The molecule has 13 heteroatoms. The highest BCUT2D eigenvalue weighted by Gasteiger charge is 2.38. The van der Waals surface area contributed by atoms with E-state index in [0.717, 1.165) is 24.1 Å². The van der Waals surface area contributed by atoms with Crippen molar-refractivity contribution in [3.8, 4) is 0 Å². The summed E-state index contributed by atoms with van der Waals surface area (Å²) in [6.07, 6.45) is 0.390. The summed E-state index contributed by atoms with van der Waals surface area (Å²) in [5.41, 5.74) is 2.51. The lowest BCUT2D eigenvalue weighted by atomic mass is 10.1. The van der Waals surface area contributed by atoms with Crippen molar-refractivity contribution in [1.29, 1.82) is 0 Å². The van der Waals surface area contributed by atoms with Crippen molar-refractivity contribution >= 4 is 21.9 Å². The molecule has 0 fully saturated rings. The monoisotopic (exact) mass is 490 g/mol. The molecular formula is C20H25F3N4O5S. The van der Waals surface area contributed by atoms with Gasteiger partial charge in [0.25, 0.3) is 5.91 Å². The molecule has 182 valence electrons. The zero-order chi connectivity index (χ0) is 24.8. The first-order valence-electron chi connectivity index (χ1n) is 9.87. The number of sulfonamides is 1. The number of amides is 1. The number of aromatic nitrogens is 2. The molecule has 0 aliphatic carbocycles. The minimum Gasteiger partial charge on any atom is -0.475 e. The number of hydrogen-bond acceptors (Lipinski definition) is 5. The Labute approximate surface area is 189 Å². The molecule has 1 aliphatic rings. The number of carboxylic acid groups (broad SMARTS) is 1. The average Bonchev–Trinajstić information content (AvgIpc) is 3.04. The Kier molecular flexibility index (Phi) is 8.61. The van der Waals surface area contributed by atoms with Crippen molar-refractivity contribution in [2.24, 2.45) is 5.92 Å². The molecule has 1 aliphatic heterocycles. The van der Waals surface area contributed by atoms with E-state index in [9.17, 15) is 26.4 Å². The summed E-state index contributed by atoms with van der Waals surface area (Å²) in [4.78, 5) is 27.9. The number of aliphatic carboxylic acids is 1. The molecule has 0 spiro atoms. The predicted molar refractivity (Wildman–Crippen MR) is 113 cm³/mol. The molecular weight excluding hydrogens is 465 g/mol. The van der Waals surface area contributed by atoms with Gasteiger partial charge >= 0.3 is 12.1 Å². The summed E-state index contributed by atoms with van der Waals surface area (Å²) in [5, 5.41) is 7.12. The highest BCUT2D eigenvalue weighted by Crippen LogP contribution is 2.21. The van der Waals surface area contributed by atoms with Gasteiger partial charge in [-0.1, -0.05) is 0 Å². The topological polar surface area (TPSA) is 122 Å². The van der Waals surface area contributed by atoms with Crippen molar-refractivity contribution in [2.75, 3.05) is 19.3 Å². The van der Waals surface area contributed by atoms with Gasteiger partial charge in [0, 0.05) is 37.7 Å². The Balaban J connectivity index is 0.000000479. The summed E-state index contributed by atoms with van der Waals surface area (Å²) in [5.74, 6) is -2.69. The molecule has 0 radical (unpaired) electrons. The third-order valence-electron chi connectivity index (χ3n) is 4.79. The predicted octanol–water partition coefficient (Wildman–Crippen LogP) is 2.04. The minimum atomic E-state index is -5.08. The van der Waals surface area contributed by atoms with Gasteiger partial charge in [0.2, 0.25) is 10.0 Å². The van der Waals surface area contributed by atoms with Crippen LogP contribution in [-0.4, -0.2) is 65.4 Å². The van der Waals surface area contributed by atoms with Crippen LogP contribution in [0.4, 0.5) is 13.2 Å². The number of hydrogen-bond donors (Lipinski definition) is 2. The van der Waals surface area contributed by atoms with Crippen molar-refractivity contribution in [2.45, 2.75) is 32.6 Å². The van der Waals surface area contributed by atoms with Crippen LogP contribution in [0, 0.1) is 12.8 Å². The lowest BCUT2D eigenvalue weighted by molar-refractivity contribution is -0.192. The first-order chi connectivity index (χ1) is 15.3. The molecule has 1 amide bonds. The molecule has 33 heavy (non-hydrogen) atoms. The number of alkyl halides is 3. The normalized spacial score (nSPS) is 16.3. The van der Waals surface area contributed by atoms with E-state index in [1.165, 1.54) is 0 Å². The first kappa shape index (κ1) is 26.3. The zero-order valence-corrected chi connectivity index (χ0v) is 18.9. The van der Waals surface area contributed by atoms with Crippen LogP contribution in [0.1, 0.15) is 28.2 Å². The quantitative estimate of drug-likeness (QED) is 0.662. The lowest BCUT2D eigenvalue weighted by Crippen LogP contribution is -2.35. The molecule has 3 rings (SSSR count). The number of aryl methyl sites for hydroxylation is 1. The first-order valence-corrected chi connectivity index (χ1v) is 11.8. The summed E-state index contributed by atoms with van der Waals surface area (Å²) in [6, 6.07) is 7.65. The molecule has 0 aromatic carbocycles. The third kappa shape index (κ3) is 8.50. The maximum absolute atomic E-state index is 13.0. The Bertz CT molecular complexity index is 1090. The molecule has 0 saturated carbocycles. The van der Waals surface area contributed by atoms with Crippen LogP contribution in [0.2, 0.25) is 0 Å². The number of carbonyl (C=O) groups is 2. The molecule has 1 atom stereocenters. The number of nitrogens with zero attached hydrogens (tertiary/aromatic N) is 3. The van der Waals surface area contributed by atoms with Crippen molar-refractivity contribution in [1.82, 2.24) is 19.2 Å². The molecule has 2 aromatic heterocycles. The number of nitrogens with one attached hydrogen (secondary N) is 1. The Morgan fingerprint density at radius 1 is 1.27 bits per heavy atom. The van der Waals surface area contributed by atoms with Crippen LogP contribution in [-0.2, 0) is 27.9 Å². The van der Waals surface area contributed by atoms with E-state index in [0.29, 0.717) is 31.7 Å². The van der Waals surface area contributed by atoms with E-state index in [-0.39, 0.29) is 11.8 Å². The van der Waals surface area contributed by atoms with E-state index in [4.69, 9.17) is 9.90 Å². The fourth-order valence-corrected chi connectivity index (χ4v) is 3.77. The fraction of sp³-hybridized carbons (Fsp3) is 0.450. The summed E-state index contributed by atoms with van der Waals surface area (Å²) in [7, 11) is -3.21. The summed E-state index contributed by atoms with van der Waals surface area (Å²) < 4.78 is 59.0. The maximum atomic E-state index is 13.0. The summed E-state index contributed by atoms with van der Waals surface area (Å²) >= 11 is 0. The standard InChI is InChI=1S/C18H24N4O3S.C2HF3O2/c1-14-5-7-19-17(10-14)18(23)22-12-15(6-8-20-26(2,24)25)11-21-9-3-4-16(21)13-22;3-2(4,5)1(6)7/h3-5,7,9-10,15,20H,6,8,11-13H2,1-2H3;(H,6,7). The third-order valence-corrected chi connectivity index (χ3v) is 5.52. The van der Waals surface area contributed by atoms with Crippen molar-refractivity contribution < 1.29 is 36.3 Å². The van der Waals surface area contributed by atoms with Crippen LogP contribution in [0.5, 0.6) is 0 Å². The van der Waals surface area contributed by atoms with E-state index < -0.39 is 22.2 Å². The number of halogens is 3. The number of carboxylic acids is 1. The van der Waals surface area contributed by atoms with Gasteiger partial charge in [0.1, 0.15) is 5.69 Å². The Morgan fingerprint density at radius 3 is 2.52 bits per heavy atom. The van der Waals surface area contributed by atoms with Gasteiger partial charge in [-0.25, -0.2) is 17.9 Å². The van der Waals surface area contributed by atoms with Gasteiger partial charge in [-0.2, -0.15) is 13.2 Å². The molecule has 0 saturated heterocycles. The second-order valence-electron chi connectivity index (χ2n) is 7.68. The highest BCUT2D eigenvalue weighted by molar-refractivity contribution is 7.88. The van der Waals surface area contributed by atoms with Crippen LogP contribution >= 0.6 is 0 Å². The molecule has 3 heterocycles. The van der Waals surface area contributed by atoms with Gasteiger partial charge in [-0.3, -0.25) is 9.78 Å². The second kappa shape index (κ2) is 10.8. The van der Waals surface area contributed by atoms with Gasteiger partial charge in [-0.05, 0) is 49.1 Å². The smallest absolute Gasteiger partial charge is 0.475 e. The Hall–Kier alpha value is -2.93. The molecule has 1 unspecified atom stereocenters. The van der Waals surface area contributed by atoms with Crippen LogP contribution in [0.25, 0.3) is 0 Å². The van der Waals surface area contributed by atoms with Gasteiger partial charge in [-0.15, -0.1) is 0 Å². The van der Waals surface area contributed by atoms with Crippen LogP contribution in [0.15, 0.2) is 36.7 Å². The minimum absolute atomic E-state index is 0.0931. The zero-order valence-electron chi connectivity index (χ0n) is 18.0.